The lowest BCUT2D eigenvalue weighted by atomic mass is 9.99. The molecule has 1 saturated heterocycles. The Labute approximate surface area is 213 Å². The SMILES string of the molecule is CCn1c(=O)/c(=C\Nc2cccc(NC(=O)CN3CCC(C)CC3)c2)s/c1=C(/C#N)C(=O)NCC#N. The Hall–Kier alpha value is -3.93. The van der Waals surface area contributed by atoms with Gasteiger partial charge in [0.1, 0.15) is 21.8 Å². The first-order chi connectivity index (χ1) is 17.4. The lowest BCUT2D eigenvalue weighted by molar-refractivity contribution is -0.117. The number of thiazole rings is 1. The summed E-state index contributed by atoms with van der Waals surface area (Å²) in [6.45, 7) is 6.21. The maximum atomic E-state index is 12.9. The number of benzene rings is 1. The first kappa shape index (κ1) is 26.7. The number of anilines is 2. The van der Waals surface area contributed by atoms with Gasteiger partial charge in [-0.05, 0) is 57.0 Å². The lowest BCUT2D eigenvalue weighted by Crippen LogP contribution is -2.38. The minimum Gasteiger partial charge on any atom is -0.360 e. The number of aromatic nitrogens is 1. The molecular formula is C25H29N7O3S. The summed E-state index contributed by atoms with van der Waals surface area (Å²) < 4.78 is 1.88. The number of nitrogens with one attached hydrogen (secondary N) is 3. The topological polar surface area (TPSA) is 143 Å². The van der Waals surface area contributed by atoms with Crippen LogP contribution in [0.2, 0.25) is 0 Å². The Morgan fingerprint density at radius 2 is 1.94 bits per heavy atom. The average Bonchev–Trinajstić information content (AvgIpc) is 3.18. The molecule has 0 spiro atoms. The Morgan fingerprint density at radius 3 is 2.61 bits per heavy atom. The van der Waals surface area contributed by atoms with Gasteiger partial charge in [0.2, 0.25) is 5.91 Å². The molecule has 11 heteroatoms. The Kier molecular flexibility index (Phi) is 9.39. The molecule has 0 atom stereocenters. The van der Waals surface area contributed by atoms with Gasteiger partial charge in [0.25, 0.3) is 11.5 Å². The van der Waals surface area contributed by atoms with Gasteiger partial charge < -0.3 is 16.0 Å². The standard InChI is InChI=1S/C25H29N7O3S/c1-3-32-24(35)21(36-25(32)20(14-27)23(34)28-10-9-26)15-29-18-5-4-6-19(13-18)30-22(33)16-31-11-7-17(2)8-12-31/h4-6,13,15,17,29H,3,7-8,10-12,16H2,1-2H3,(H,28,34)(H,30,33)/b21-15+,25-20-. The summed E-state index contributed by atoms with van der Waals surface area (Å²) in [6.07, 6.45) is 3.72. The molecule has 10 nitrogen and oxygen atoms in total. The molecule has 1 aliphatic heterocycles. The maximum absolute atomic E-state index is 12.9. The van der Waals surface area contributed by atoms with Gasteiger partial charge in [0.05, 0.1) is 12.6 Å². The number of carbonyl (C=O) groups excluding carboxylic acids is 2. The second kappa shape index (κ2) is 12.7. The first-order valence-corrected chi connectivity index (χ1v) is 12.6. The summed E-state index contributed by atoms with van der Waals surface area (Å²) in [5.74, 6) is -0.0764. The van der Waals surface area contributed by atoms with Gasteiger partial charge in [-0.15, -0.1) is 11.3 Å². The van der Waals surface area contributed by atoms with Gasteiger partial charge in [0.15, 0.2) is 5.57 Å². The molecule has 1 fully saturated rings. The number of hydrogen-bond donors (Lipinski definition) is 3. The number of amides is 2. The van der Waals surface area contributed by atoms with E-state index in [1.54, 1.807) is 37.3 Å². The third-order valence-corrected chi connectivity index (χ3v) is 6.99. The highest BCUT2D eigenvalue weighted by Crippen LogP contribution is 2.17. The fourth-order valence-electron chi connectivity index (χ4n) is 3.86. The van der Waals surface area contributed by atoms with Crippen molar-refractivity contribution in [2.45, 2.75) is 33.2 Å². The molecule has 1 aliphatic rings. The van der Waals surface area contributed by atoms with E-state index in [1.165, 1.54) is 10.8 Å². The van der Waals surface area contributed by atoms with Crippen molar-refractivity contribution in [3.8, 4) is 12.1 Å². The smallest absolute Gasteiger partial charge is 0.270 e. The molecule has 2 aromatic rings. The summed E-state index contributed by atoms with van der Waals surface area (Å²) in [5.41, 5.74) is 0.733. The van der Waals surface area contributed by atoms with Crippen molar-refractivity contribution in [1.29, 1.82) is 10.5 Å². The normalized spacial score (nSPS) is 15.5. The molecule has 0 aliphatic carbocycles. The molecule has 3 rings (SSSR count). The highest BCUT2D eigenvalue weighted by atomic mass is 32.1. The summed E-state index contributed by atoms with van der Waals surface area (Å²) in [7, 11) is 0. The fraction of sp³-hybridized carbons (Fsp3) is 0.400. The predicted molar refractivity (Wildman–Crippen MR) is 139 cm³/mol. The Bertz CT molecular complexity index is 1370. The number of nitriles is 2. The summed E-state index contributed by atoms with van der Waals surface area (Å²) in [5, 5.41) is 26.5. The van der Waals surface area contributed by atoms with Crippen LogP contribution < -0.4 is 30.7 Å². The molecule has 188 valence electrons. The van der Waals surface area contributed by atoms with Gasteiger partial charge >= 0.3 is 0 Å². The van der Waals surface area contributed by atoms with Crippen LogP contribution in [0.1, 0.15) is 26.7 Å². The molecule has 3 N–H and O–H groups in total. The molecule has 0 saturated carbocycles. The Morgan fingerprint density at radius 1 is 1.22 bits per heavy atom. The third kappa shape index (κ3) is 6.81. The zero-order valence-electron chi connectivity index (χ0n) is 20.3. The average molecular weight is 508 g/mol. The molecule has 0 unspecified atom stereocenters. The maximum Gasteiger partial charge on any atom is 0.270 e. The third-order valence-electron chi connectivity index (χ3n) is 5.86. The van der Waals surface area contributed by atoms with Gasteiger partial charge in [0, 0.05) is 24.1 Å². The second-order valence-electron chi connectivity index (χ2n) is 8.52. The zero-order valence-corrected chi connectivity index (χ0v) is 21.2. The number of carbonyl (C=O) groups is 2. The van der Waals surface area contributed by atoms with Gasteiger partial charge in [-0.3, -0.25) is 23.9 Å². The van der Waals surface area contributed by atoms with Gasteiger partial charge in [-0.2, -0.15) is 10.5 Å². The van der Waals surface area contributed by atoms with E-state index in [1.807, 2.05) is 6.07 Å². The lowest BCUT2D eigenvalue weighted by Gasteiger charge is -2.29. The fourth-order valence-corrected chi connectivity index (χ4v) is 4.94. The predicted octanol–water partition coefficient (Wildman–Crippen LogP) is 0.764. The van der Waals surface area contributed by atoms with Crippen molar-refractivity contribution in [1.82, 2.24) is 14.8 Å². The molecule has 2 heterocycles. The Balaban J connectivity index is 1.77. The monoisotopic (exact) mass is 507 g/mol. The summed E-state index contributed by atoms with van der Waals surface area (Å²) >= 11 is 1.01. The minimum atomic E-state index is -0.704. The van der Waals surface area contributed by atoms with Crippen LogP contribution in [-0.2, 0) is 16.1 Å². The first-order valence-electron chi connectivity index (χ1n) is 11.7. The van der Waals surface area contributed by atoms with Crippen molar-refractivity contribution in [3.05, 3.63) is 43.8 Å². The van der Waals surface area contributed by atoms with Crippen LogP contribution in [-0.4, -0.2) is 47.5 Å². The molecule has 0 bridgehead atoms. The van der Waals surface area contributed by atoms with E-state index in [4.69, 9.17) is 5.26 Å². The van der Waals surface area contributed by atoms with Gasteiger partial charge in [-0.1, -0.05) is 13.0 Å². The van der Waals surface area contributed by atoms with Crippen LogP contribution in [0.3, 0.4) is 0 Å². The minimum absolute atomic E-state index is 0.0753. The van der Waals surface area contributed by atoms with Crippen LogP contribution >= 0.6 is 11.3 Å². The van der Waals surface area contributed by atoms with Gasteiger partial charge in [-0.25, -0.2) is 0 Å². The van der Waals surface area contributed by atoms with Crippen molar-refractivity contribution in [2.24, 2.45) is 5.92 Å². The largest absolute Gasteiger partial charge is 0.360 e. The summed E-state index contributed by atoms with van der Waals surface area (Å²) in [6, 6.07) is 10.8. The second-order valence-corrected chi connectivity index (χ2v) is 9.56. The van der Waals surface area contributed by atoms with Crippen LogP contribution in [0.4, 0.5) is 11.4 Å². The molecule has 1 aromatic carbocycles. The molecular weight excluding hydrogens is 478 g/mol. The van der Waals surface area contributed by atoms with E-state index in [0.29, 0.717) is 28.4 Å². The van der Waals surface area contributed by atoms with Crippen LogP contribution in [0.25, 0.3) is 11.8 Å². The van der Waals surface area contributed by atoms with E-state index in [2.05, 4.69) is 27.8 Å². The molecule has 1 aromatic heterocycles. The molecule has 2 amide bonds. The van der Waals surface area contributed by atoms with E-state index < -0.39 is 5.91 Å². The van der Waals surface area contributed by atoms with E-state index >= 15 is 0 Å². The number of piperidine rings is 1. The number of likely N-dealkylation sites (tertiary alicyclic amines) is 1. The van der Waals surface area contributed by atoms with Crippen LogP contribution in [0.5, 0.6) is 0 Å². The van der Waals surface area contributed by atoms with E-state index in [9.17, 15) is 19.6 Å². The van der Waals surface area contributed by atoms with Crippen molar-refractivity contribution >= 4 is 46.3 Å². The highest BCUT2D eigenvalue weighted by molar-refractivity contribution is 7.07. The number of hydrogen-bond acceptors (Lipinski definition) is 8. The van der Waals surface area contributed by atoms with Crippen LogP contribution in [0.15, 0.2) is 29.1 Å². The number of nitrogens with zero attached hydrogens (tertiary/aromatic N) is 4. The summed E-state index contributed by atoms with van der Waals surface area (Å²) in [4.78, 5) is 39.8. The zero-order chi connectivity index (χ0) is 26.1. The van der Waals surface area contributed by atoms with E-state index in [-0.39, 0.29) is 34.8 Å². The number of rotatable bonds is 8. The van der Waals surface area contributed by atoms with Crippen LogP contribution in [0, 0.1) is 28.6 Å². The van der Waals surface area contributed by atoms with Crippen molar-refractivity contribution < 1.29 is 9.59 Å². The van der Waals surface area contributed by atoms with Crippen molar-refractivity contribution in [3.63, 3.8) is 0 Å². The molecule has 0 radical (unpaired) electrons. The quantitative estimate of drug-likeness (QED) is 0.448. The van der Waals surface area contributed by atoms with Crippen molar-refractivity contribution in [2.75, 3.05) is 36.8 Å². The highest BCUT2D eigenvalue weighted by Gasteiger charge is 2.18. The van der Waals surface area contributed by atoms with E-state index in [0.717, 1.165) is 37.3 Å². The molecule has 36 heavy (non-hydrogen) atoms.